The number of rotatable bonds is 6. The van der Waals surface area contributed by atoms with Crippen LogP contribution < -0.4 is 5.32 Å². The number of aromatic nitrogens is 3. The Labute approximate surface area is 209 Å². The van der Waals surface area contributed by atoms with E-state index in [1.54, 1.807) is 73.7 Å². The second-order valence-electron chi connectivity index (χ2n) is 8.07. The fourth-order valence-electron chi connectivity index (χ4n) is 3.83. The van der Waals surface area contributed by atoms with Gasteiger partial charge < -0.3 is 5.32 Å². The van der Waals surface area contributed by atoms with Gasteiger partial charge in [0.25, 0.3) is 0 Å². The first-order valence-corrected chi connectivity index (χ1v) is 11.9. The summed E-state index contributed by atoms with van der Waals surface area (Å²) in [6.07, 6.45) is 3.46. The third kappa shape index (κ3) is 4.60. The molecule has 9 heteroatoms. The summed E-state index contributed by atoms with van der Waals surface area (Å²) in [5.74, 6) is -0.742. The molecule has 36 heavy (non-hydrogen) atoms. The van der Waals surface area contributed by atoms with Crippen molar-refractivity contribution < 1.29 is 18.8 Å². The Hall–Kier alpha value is -4.37. The van der Waals surface area contributed by atoms with Crippen LogP contribution in [0.2, 0.25) is 0 Å². The van der Waals surface area contributed by atoms with E-state index in [9.17, 15) is 18.8 Å². The van der Waals surface area contributed by atoms with Gasteiger partial charge in [-0.1, -0.05) is 66.4 Å². The summed E-state index contributed by atoms with van der Waals surface area (Å²) in [4.78, 5) is 43.3. The fourth-order valence-corrected chi connectivity index (χ4v) is 4.56. The largest absolute Gasteiger partial charge is 0.324 e. The van der Waals surface area contributed by atoms with E-state index in [0.29, 0.717) is 22.1 Å². The van der Waals surface area contributed by atoms with Crippen molar-refractivity contribution in [3.8, 4) is 0 Å². The smallest absolute Gasteiger partial charge is 0.237 e. The predicted molar refractivity (Wildman–Crippen MR) is 135 cm³/mol. The van der Waals surface area contributed by atoms with Crippen LogP contribution in [0.4, 0.5) is 10.1 Å². The van der Waals surface area contributed by atoms with Crippen LogP contribution in [-0.4, -0.2) is 37.9 Å². The summed E-state index contributed by atoms with van der Waals surface area (Å²) in [5, 5.41) is 9.48. The van der Waals surface area contributed by atoms with Crippen molar-refractivity contribution in [2.45, 2.75) is 17.3 Å². The van der Waals surface area contributed by atoms with Crippen LogP contribution in [-0.2, 0) is 4.79 Å². The lowest BCUT2D eigenvalue weighted by molar-refractivity contribution is -0.115. The lowest BCUT2D eigenvalue weighted by Crippen LogP contribution is -2.27. The molecule has 0 saturated carbocycles. The number of carbonyl (C=O) groups is 3. The van der Waals surface area contributed by atoms with Crippen molar-refractivity contribution >= 4 is 47.1 Å². The maximum absolute atomic E-state index is 13.1. The molecule has 2 N–H and O–H groups in total. The SMILES string of the molecule is CC(Sc1n[nH]c(/C=C/c2ccc(F)cc2)n1)C(=O)Nc1cccc2c1C(=O)c1ccccc1C2=O. The lowest BCUT2D eigenvalue weighted by Gasteiger charge is -2.21. The van der Waals surface area contributed by atoms with Gasteiger partial charge >= 0.3 is 0 Å². The monoisotopic (exact) mass is 498 g/mol. The molecular formula is C27H19FN4O3S. The molecule has 178 valence electrons. The summed E-state index contributed by atoms with van der Waals surface area (Å²) in [5.41, 5.74) is 2.23. The molecule has 1 aliphatic carbocycles. The third-order valence-corrected chi connectivity index (χ3v) is 6.61. The van der Waals surface area contributed by atoms with Crippen molar-refractivity contribution in [2.24, 2.45) is 0 Å². The van der Waals surface area contributed by atoms with Crippen LogP contribution in [0, 0.1) is 5.82 Å². The van der Waals surface area contributed by atoms with E-state index < -0.39 is 5.25 Å². The molecule has 0 spiro atoms. The Morgan fingerprint density at radius 1 is 0.944 bits per heavy atom. The second kappa shape index (κ2) is 9.71. The number of thioether (sulfide) groups is 1. The van der Waals surface area contributed by atoms with Gasteiger partial charge in [-0.3, -0.25) is 19.5 Å². The van der Waals surface area contributed by atoms with Gasteiger partial charge in [-0.05, 0) is 36.8 Å². The zero-order valence-electron chi connectivity index (χ0n) is 19.0. The van der Waals surface area contributed by atoms with E-state index in [-0.39, 0.29) is 40.1 Å². The van der Waals surface area contributed by atoms with Crippen LogP contribution in [0.15, 0.2) is 71.9 Å². The molecular weight excluding hydrogens is 479 g/mol. The number of hydrogen-bond donors (Lipinski definition) is 2. The van der Waals surface area contributed by atoms with Crippen LogP contribution in [0.25, 0.3) is 12.2 Å². The first kappa shape index (κ1) is 23.4. The molecule has 1 heterocycles. The maximum Gasteiger partial charge on any atom is 0.237 e. The number of nitrogens with zero attached hydrogens (tertiary/aromatic N) is 2. The molecule has 7 nitrogen and oxygen atoms in total. The number of ketones is 2. The molecule has 1 aromatic heterocycles. The molecule has 1 unspecified atom stereocenters. The summed E-state index contributed by atoms with van der Waals surface area (Å²) < 4.78 is 13.0. The van der Waals surface area contributed by atoms with Crippen LogP contribution >= 0.6 is 11.8 Å². The number of amides is 1. The van der Waals surface area contributed by atoms with Crippen molar-refractivity contribution in [1.82, 2.24) is 15.2 Å². The second-order valence-corrected chi connectivity index (χ2v) is 9.38. The molecule has 0 fully saturated rings. The Morgan fingerprint density at radius 3 is 2.39 bits per heavy atom. The Balaban J connectivity index is 1.28. The van der Waals surface area contributed by atoms with Gasteiger partial charge in [0.2, 0.25) is 11.1 Å². The summed E-state index contributed by atoms with van der Waals surface area (Å²) in [7, 11) is 0. The number of benzene rings is 3. The fraction of sp³-hybridized carbons (Fsp3) is 0.0741. The minimum Gasteiger partial charge on any atom is -0.324 e. The van der Waals surface area contributed by atoms with Gasteiger partial charge in [0.1, 0.15) is 11.6 Å². The highest BCUT2D eigenvalue weighted by molar-refractivity contribution is 8.00. The molecule has 0 radical (unpaired) electrons. The van der Waals surface area contributed by atoms with Gasteiger partial charge in [-0.2, -0.15) is 0 Å². The van der Waals surface area contributed by atoms with Crippen LogP contribution in [0.3, 0.4) is 0 Å². The highest BCUT2D eigenvalue weighted by Gasteiger charge is 2.32. The molecule has 3 aromatic carbocycles. The number of halogens is 1. The first-order valence-electron chi connectivity index (χ1n) is 11.1. The van der Waals surface area contributed by atoms with Crippen molar-refractivity contribution in [3.63, 3.8) is 0 Å². The quantitative estimate of drug-likeness (QED) is 0.319. The topological polar surface area (TPSA) is 105 Å². The average molecular weight is 499 g/mol. The molecule has 4 aromatic rings. The summed E-state index contributed by atoms with van der Waals surface area (Å²) in [6, 6.07) is 17.5. The lowest BCUT2D eigenvalue weighted by atomic mass is 9.83. The van der Waals surface area contributed by atoms with Crippen molar-refractivity contribution in [2.75, 3.05) is 5.32 Å². The zero-order valence-corrected chi connectivity index (χ0v) is 19.8. The van der Waals surface area contributed by atoms with Crippen molar-refractivity contribution in [3.05, 3.63) is 106 Å². The summed E-state index contributed by atoms with van der Waals surface area (Å²) in [6.45, 7) is 1.70. The van der Waals surface area contributed by atoms with E-state index in [1.807, 2.05) is 0 Å². The maximum atomic E-state index is 13.1. The minimum atomic E-state index is -0.590. The zero-order chi connectivity index (χ0) is 25.2. The third-order valence-electron chi connectivity index (χ3n) is 5.65. The highest BCUT2D eigenvalue weighted by atomic mass is 32.2. The van der Waals surface area contributed by atoms with Gasteiger partial charge in [0, 0.05) is 16.7 Å². The van der Waals surface area contributed by atoms with E-state index in [1.165, 1.54) is 12.1 Å². The molecule has 5 rings (SSSR count). The highest BCUT2D eigenvalue weighted by Crippen LogP contribution is 2.32. The van der Waals surface area contributed by atoms with E-state index in [0.717, 1.165) is 17.3 Å². The van der Waals surface area contributed by atoms with Crippen LogP contribution in [0.1, 0.15) is 50.2 Å². The van der Waals surface area contributed by atoms with Gasteiger partial charge in [-0.15, -0.1) is 5.10 Å². The first-order chi connectivity index (χ1) is 17.4. The standard InChI is InChI=1S/C27H19FN4O3S/c1-15(36-27-30-22(31-32-27)14-11-16-9-12-17(28)13-10-16)26(35)29-21-8-4-7-20-23(21)25(34)19-6-3-2-5-18(19)24(20)33/h2-15H,1H3,(H,29,35)(H,30,31,32)/b14-11+. The minimum absolute atomic E-state index is 0.192. The molecule has 1 aliphatic rings. The van der Waals surface area contributed by atoms with Gasteiger partial charge in [-0.25, -0.2) is 9.37 Å². The van der Waals surface area contributed by atoms with Crippen LogP contribution in [0.5, 0.6) is 0 Å². The molecule has 1 atom stereocenters. The normalized spacial score (nSPS) is 13.4. The molecule has 1 amide bonds. The number of hydrogen-bond acceptors (Lipinski definition) is 6. The van der Waals surface area contributed by atoms with Gasteiger partial charge in [0.15, 0.2) is 11.6 Å². The summed E-state index contributed by atoms with van der Waals surface area (Å²) >= 11 is 1.14. The van der Waals surface area contributed by atoms with Crippen molar-refractivity contribution in [1.29, 1.82) is 0 Å². The van der Waals surface area contributed by atoms with E-state index >= 15 is 0 Å². The number of H-pyrrole nitrogens is 1. The number of carbonyl (C=O) groups excluding carboxylic acids is 3. The predicted octanol–water partition coefficient (Wildman–Crippen LogP) is 5.01. The average Bonchev–Trinajstić information content (AvgIpc) is 3.34. The number of fused-ring (bicyclic) bond motifs is 2. The molecule has 0 aliphatic heterocycles. The Morgan fingerprint density at radius 2 is 1.64 bits per heavy atom. The molecule has 0 saturated heterocycles. The Bertz CT molecular complexity index is 1530. The van der Waals surface area contributed by atoms with Gasteiger partial charge in [0.05, 0.1) is 16.5 Å². The number of nitrogens with one attached hydrogen (secondary N) is 2. The number of aromatic amines is 1. The molecule has 0 bridgehead atoms. The Kier molecular flexibility index (Phi) is 6.30. The van der Waals surface area contributed by atoms with E-state index in [2.05, 4.69) is 20.5 Å². The number of anilines is 1. The van der Waals surface area contributed by atoms with E-state index in [4.69, 9.17) is 0 Å².